The first-order valence-electron chi connectivity index (χ1n) is 10.7. The molecule has 2 heterocycles. The highest BCUT2D eigenvalue weighted by Gasteiger charge is 2.53. The summed E-state index contributed by atoms with van der Waals surface area (Å²) >= 11 is 0. The monoisotopic (exact) mass is 480 g/mol. The van der Waals surface area contributed by atoms with Crippen molar-refractivity contribution in [2.75, 3.05) is 0 Å². The summed E-state index contributed by atoms with van der Waals surface area (Å²) in [6.45, 7) is 3.20. The lowest BCUT2D eigenvalue weighted by molar-refractivity contribution is -0.137. The Kier molecular flexibility index (Phi) is 7.29. The van der Waals surface area contributed by atoms with Crippen molar-refractivity contribution < 1.29 is 44.3 Å². The Bertz CT molecular complexity index is 1210. The molecular formula is C26H24O9. The second-order valence-corrected chi connectivity index (χ2v) is 7.57. The molecule has 0 atom stereocenters. The third kappa shape index (κ3) is 4.89. The van der Waals surface area contributed by atoms with Crippen LogP contribution in [-0.4, -0.2) is 38.3 Å². The van der Waals surface area contributed by atoms with E-state index < -0.39 is 23.5 Å². The van der Waals surface area contributed by atoms with Crippen LogP contribution >= 0.6 is 0 Å². The Balaban J connectivity index is 0.000000293. The molecule has 0 unspecified atom stereocenters. The Labute approximate surface area is 200 Å². The predicted octanol–water partition coefficient (Wildman–Crippen LogP) is 4.63. The van der Waals surface area contributed by atoms with Crippen LogP contribution in [-0.2, 0) is 19.9 Å². The maximum absolute atomic E-state index is 12.5. The Morgan fingerprint density at radius 2 is 1.23 bits per heavy atom. The van der Waals surface area contributed by atoms with Crippen molar-refractivity contribution in [3.8, 4) is 23.0 Å². The van der Waals surface area contributed by atoms with E-state index in [-0.39, 0.29) is 24.3 Å². The lowest BCUT2D eigenvalue weighted by atomic mass is 9.77. The zero-order valence-corrected chi connectivity index (χ0v) is 19.0. The van der Waals surface area contributed by atoms with E-state index in [1.165, 1.54) is 24.3 Å². The van der Waals surface area contributed by atoms with Gasteiger partial charge in [0.2, 0.25) is 0 Å². The predicted molar refractivity (Wildman–Crippen MR) is 124 cm³/mol. The van der Waals surface area contributed by atoms with E-state index in [0.29, 0.717) is 33.8 Å². The fourth-order valence-electron chi connectivity index (χ4n) is 3.65. The number of rotatable bonds is 2. The summed E-state index contributed by atoms with van der Waals surface area (Å²) in [7, 11) is 0. The largest absolute Gasteiger partial charge is 0.508 e. The standard InChI is InChI=1S/C20H12O5.2C3H6O2/c21-11-5-7-15-17(9-11)24-18-10-12(22)6-8-16(18)20(15)14-4-2-1-3-13(14)19(23)25-20;2*1-2-3(4)5/h1-10,21-22H;2*2H2,1H3,(H,4,5). The van der Waals surface area contributed by atoms with Crippen molar-refractivity contribution in [2.24, 2.45) is 0 Å². The van der Waals surface area contributed by atoms with Gasteiger partial charge >= 0.3 is 17.9 Å². The molecular weight excluding hydrogens is 456 g/mol. The van der Waals surface area contributed by atoms with Gasteiger partial charge in [-0.25, -0.2) is 4.79 Å². The van der Waals surface area contributed by atoms with Crippen molar-refractivity contribution in [1.82, 2.24) is 0 Å². The molecule has 0 saturated heterocycles. The number of benzene rings is 3. The number of fused-ring (bicyclic) bond motifs is 6. The molecule has 1 spiro atoms. The van der Waals surface area contributed by atoms with Gasteiger partial charge in [0.1, 0.15) is 23.0 Å². The molecule has 0 saturated carbocycles. The minimum absolute atomic E-state index is 0.0371. The molecule has 0 bridgehead atoms. The summed E-state index contributed by atoms with van der Waals surface area (Å²) in [4.78, 5) is 31.3. The SMILES string of the molecule is CCC(=O)O.CCC(=O)O.O=C1OC2(c3ccc(O)cc3Oc3cc(O)ccc32)c2ccccc21. The van der Waals surface area contributed by atoms with Crippen LogP contribution in [0.15, 0.2) is 60.7 Å². The van der Waals surface area contributed by atoms with Crippen LogP contribution in [0.25, 0.3) is 0 Å². The molecule has 0 amide bonds. The van der Waals surface area contributed by atoms with Crippen LogP contribution in [0.5, 0.6) is 23.0 Å². The fraction of sp³-hybridized carbons (Fsp3) is 0.192. The average molecular weight is 480 g/mol. The molecule has 3 aromatic carbocycles. The van der Waals surface area contributed by atoms with Gasteiger partial charge in [-0.2, -0.15) is 0 Å². The number of phenols is 2. The minimum Gasteiger partial charge on any atom is -0.508 e. The molecule has 4 N–H and O–H groups in total. The average Bonchev–Trinajstić information content (AvgIpc) is 3.12. The van der Waals surface area contributed by atoms with E-state index in [0.717, 1.165) is 0 Å². The zero-order chi connectivity index (χ0) is 25.8. The molecule has 0 fully saturated rings. The normalized spacial score (nSPS) is 13.4. The van der Waals surface area contributed by atoms with Crippen molar-refractivity contribution in [3.05, 3.63) is 82.9 Å². The fourth-order valence-corrected chi connectivity index (χ4v) is 3.65. The van der Waals surface area contributed by atoms with Crippen LogP contribution in [0.3, 0.4) is 0 Å². The first kappa shape index (κ1) is 25.1. The van der Waals surface area contributed by atoms with Crippen LogP contribution in [0, 0.1) is 0 Å². The first-order chi connectivity index (χ1) is 16.6. The smallest absolute Gasteiger partial charge is 0.340 e. The van der Waals surface area contributed by atoms with Crippen LogP contribution in [0.2, 0.25) is 0 Å². The van der Waals surface area contributed by atoms with E-state index in [1.54, 1.807) is 38.1 Å². The molecule has 3 aromatic rings. The van der Waals surface area contributed by atoms with Crippen LogP contribution in [0.1, 0.15) is 53.7 Å². The number of aliphatic carboxylic acids is 2. The third-order valence-corrected chi connectivity index (χ3v) is 5.29. The molecule has 0 aromatic heterocycles. The summed E-state index contributed by atoms with van der Waals surface area (Å²) in [5.74, 6) is -1.08. The van der Waals surface area contributed by atoms with E-state index in [4.69, 9.17) is 19.7 Å². The molecule has 2 aliphatic heterocycles. The van der Waals surface area contributed by atoms with E-state index >= 15 is 0 Å². The number of esters is 1. The van der Waals surface area contributed by atoms with Gasteiger partial charge in [0.25, 0.3) is 0 Å². The van der Waals surface area contributed by atoms with Gasteiger partial charge < -0.3 is 29.9 Å². The second kappa shape index (κ2) is 10.2. The summed E-state index contributed by atoms with van der Waals surface area (Å²) in [6, 6.07) is 16.6. The quantitative estimate of drug-likeness (QED) is 0.385. The number of aromatic hydroxyl groups is 2. The van der Waals surface area contributed by atoms with Crippen molar-refractivity contribution in [1.29, 1.82) is 0 Å². The van der Waals surface area contributed by atoms with Gasteiger partial charge in [0.05, 0.1) is 5.56 Å². The van der Waals surface area contributed by atoms with Gasteiger partial charge in [0, 0.05) is 41.7 Å². The number of ether oxygens (including phenoxy) is 2. The van der Waals surface area contributed by atoms with Gasteiger partial charge in [-0.3, -0.25) is 9.59 Å². The number of hydrogen-bond donors (Lipinski definition) is 4. The Morgan fingerprint density at radius 1 is 0.771 bits per heavy atom. The number of phenolic OH excluding ortho intramolecular Hbond substituents is 2. The highest BCUT2D eigenvalue weighted by Crippen LogP contribution is 2.56. The maximum Gasteiger partial charge on any atom is 0.340 e. The topological polar surface area (TPSA) is 151 Å². The zero-order valence-electron chi connectivity index (χ0n) is 19.0. The van der Waals surface area contributed by atoms with E-state index in [1.807, 2.05) is 12.1 Å². The molecule has 0 radical (unpaired) electrons. The molecule has 9 heteroatoms. The molecule has 5 rings (SSSR count). The minimum atomic E-state index is -1.17. The third-order valence-electron chi connectivity index (χ3n) is 5.29. The molecule has 0 aliphatic carbocycles. The second-order valence-electron chi connectivity index (χ2n) is 7.57. The van der Waals surface area contributed by atoms with Gasteiger partial charge in [-0.1, -0.05) is 32.0 Å². The number of carboxylic acid groups (broad SMARTS) is 2. The summed E-state index contributed by atoms with van der Waals surface area (Å²) in [6.07, 6.45) is 0.444. The number of carbonyl (C=O) groups excluding carboxylic acids is 1. The highest BCUT2D eigenvalue weighted by atomic mass is 16.6. The van der Waals surface area contributed by atoms with Crippen molar-refractivity contribution in [3.63, 3.8) is 0 Å². The summed E-state index contributed by atoms with van der Waals surface area (Å²) in [5, 5.41) is 35.1. The lowest BCUT2D eigenvalue weighted by Gasteiger charge is -2.36. The van der Waals surface area contributed by atoms with Gasteiger partial charge in [-0.05, 0) is 30.3 Å². The summed E-state index contributed by atoms with van der Waals surface area (Å²) < 4.78 is 11.8. The molecule has 9 nitrogen and oxygen atoms in total. The number of carboxylic acids is 2. The lowest BCUT2D eigenvalue weighted by Crippen LogP contribution is -2.32. The molecule has 35 heavy (non-hydrogen) atoms. The maximum atomic E-state index is 12.5. The van der Waals surface area contributed by atoms with Gasteiger partial charge in [-0.15, -0.1) is 0 Å². The Morgan fingerprint density at radius 3 is 1.69 bits per heavy atom. The molecule has 182 valence electrons. The highest BCUT2D eigenvalue weighted by molar-refractivity contribution is 5.97. The van der Waals surface area contributed by atoms with Crippen molar-refractivity contribution in [2.45, 2.75) is 32.3 Å². The molecule has 2 aliphatic rings. The Hall–Kier alpha value is -4.53. The number of carbonyl (C=O) groups is 3. The first-order valence-corrected chi connectivity index (χ1v) is 10.7. The van der Waals surface area contributed by atoms with E-state index in [2.05, 4.69) is 0 Å². The number of hydrogen-bond acceptors (Lipinski definition) is 7. The van der Waals surface area contributed by atoms with Gasteiger partial charge in [0.15, 0.2) is 5.60 Å². The van der Waals surface area contributed by atoms with E-state index in [9.17, 15) is 24.6 Å². The van der Waals surface area contributed by atoms with Crippen LogP contribution in [0.4, 0.5) is 0 Å². The summed E-state index contributed by atoms with van der Waals surface area (Å²) in [5.41, 5.74) is 1.28. The van der Waals surface area contributed by atoms with Crippen LogP contribution < -0.4 is 4.74 Å². The van der Waals surface area contributed by atoms with Crippen molar-refractivity contribution >= 4 is 17.9 Å².